The highest BCUT2D eigenvalue weighted by Crippen LogP contribution is 2.36. The predicted octanol–water partition coefficient (Wildman–Crippen LogP) is 2.89. The Balaban J connectivity index is 1.31. The van der Waals surface area contributed by atoms with E-state index in [0.717, 1.165) is 22.2 Å². The summed E-state index contributed by atoms with van der Waals surface area (Å²) in [6.07, 6.45) is 7.67. The van der Waals surface area contributed by atoms with Crippen LogP contribution in [0.25, 0.3) is 22.2 Å². The zero-order chi connectivity index (χ0) is 18.4. The number of likely N-dealkylation sites (N-methyl/N-ethyl adjacent to an activating group) is 1. The lowest BCUT2D eigenvalue weighted by Crippen LogP contribution is -2.30. The molecule has 1 aliphatic carbocycles. The van der Waals surface area contributed by atoms with Gasteiger partial charge in [-0.25, -0.2) is 15.0 Å². The van der Waals surface area contributed by atoms with Crippen molar-refractivity contribution in [2.75, 3.05) is 13.6 Å². The molecule has 0 N–H and O–H groups in total. The van der Waals surface area contributed by atoms with Crippen molar-refractivity contribution in [2.24, 2.45) is 0 Å². The van der Waals surface area contributed by atoms with Gasteiger partial charge in [0.15, 0.2) is 5.65 Å². The number of pyridine rings is 1. The zero-order valence-corrected chi connectivity index (χ0v) is 15.1. The monoisotopic (exact) mass is 360 g/mol. The molecule has 1 saturated carbocycles. The lowest BCUT2D eigenvalue weighted by atomic mass is 10.2. The van der Waals surface area contributed by atoms with Crippen LogP contribution in [0.3, 0.4) is 0 Å². The second-order valence-corrected chi connectivity index (χ2v) is 7.10. The number of amides is 1. The van der Waals surface area contributed by atoms with Crippen LogP contribution in [-0.4, -0.2) is 48.5 Å². The number of carbonyl (C=O) groups is 1. The Morgan fingerprint density at radius 3 is 2.81 bits per heavy atom. The zero-order valence-electron chi connectivity index (χ0n) is 15.1. The Morgan fingerprint density at radius 2 is 1.96 bits per heavy atom. The molecule has 136 valence electrons. The molecular formula is C20H20N6O. The fourth-order valence-corrected chi connectivity index (χ4v) is 3.42. The molecule has 3 heterocycles. The van der Waals surface area contributed by atoms with E-state index in [0.29, 0.717) is 24.7 Å². The standard InChI is InChI=1S/C20H20N6O/c1-24(8-9-25-12-22-16-4-2-3-5-18(16)25)20(27)14-10-17-19(21-11-14)26(13-23-17)15-6-7-15/h2-5,10-13,15H,6-9H2,1H3. The molecule has 0 unspecified atom stereocenters. The van der Waals surface area contributed by atoms with E-state index in [1.165, 1.54) is 12.8 Å². The number of fused-ring (bicyclic) bond motifs is 2. The number of para-hydroxylation sites is 2. The Kier molecular flexibility index (Phi) is 3.67. The molecule has 0 aliphatic heterocycles. The molecule has 7 nitrogen and oxygen atoms in total. The van der Waals surface area contributed by atoms with Crippen LogP contribution in [0.15, 0.2) is 49.2 Å². The van der Waals surface area contributed by atoms with E-state index in [2.05, 4.69) is 24.1 Å². The third-order valence-corrected chi connectivity index (χ3v) is 5.15. The van der Waals surface area contributed by atoms with Crippen molar-refractivity contribution in [3.63, 3.8) is 0 Å². The number of carbonyl (C=O) groups excluding carboxylic acids is 1. The summed E-state index contributed by atoms with van der Waals surface area (Å²) in [6.45, 7) is 1.28. The smallest absolute Gasteiger partial charge is 0.255 e. The van der Waals surface area contributed by atoms with Crippen molar-refractivity contribution in [1.82, 2.24) is 29.0 Å². The molecule has 27 heavy (non-hydrogen) atoms. The molecule has 0 radical (unpaired) electrons. The van der Waals surface area contributed by atoms with E-state index in [1.807, 2.05) is 50.0 Å². The van der Waals surface area contributed by atoms with Gasteiger partial charge in [0, 0.05) is 32.4 Å². The molecule has 5 rings (SSSR count). The number of aromatic nitrogens is 5. The number of rotatable bonds is 5. The minimum absolute atomic E-state index is 0.0465. The topological polar surface area (TPSA) is 68.8 Å². The van der Waals surface area contributed by atoms with Gasteiger partial charge < -0.3 is 14.0 Å². The predicted molar refractivity (Wildman–Crippen MR) is 102 cm³/mol. The first kappa shape index (κ1) is 16.0. The van der Waals surface area contributed by atoms with Crippen LogP contribution in [0.5, 0.6) is 0 Å². The maximum Gasteiger partial charge on any atom is 0.255 e. The van der Waals surface area contributed by atoms with Gasteiger partial charge in [-0.05, 0) is 31.0 Å². The van der Waals surface area contributed by atoms with Crippen LogP contribution < -0.4 is 0 Å². The molecule has 0 spiro atoms. The molecule has 4 aromatic rings. The van der Waals surface area contributed by atoms with Gasteiger partial charge in [-0.2, -0.15) is 0 Å². The quantitative estimate of drug-likeness (QED) is 0.549. The van der Waals surface area contributed by atoms with Gasteiger partial charge in [0.05, 0.1) is 29.3 Å². The molecule has 0 atom stereocenters. The molecule has 1 aromatic carbocycles. The van der Waals surface area contributed by atoms with Crippen LogP contribution in [0.2, 0.25) is 0 Å². The summed E-state index contributed by atoms with van der Waals surface area (Å²) in [5, 5.41) is 0. The molecule has 0 bridgehead atoms. The van der Waals surface area contributed by atoms with E-state index in [9.17, 15) is 4.79 Å². The minimum Gasteiger partial charge on any atom is -0.340 e. The van der Waals surface area contributed by atoms with Crippen molar-refractivity contribution >= 4 is 28.1 Å². The number of nitrogens with zero attached hydrogens (tertiary/aromatic N) is 6. The summed E-state index contributed by atoms with van der Waals surface area (Å²) in [4.78, 5) is 27.8. The van der Waals surface area contributed by atoms with Gasteiger partial charge in [-0.1, -0.05) is 12.1 Å². The van der Waals surface area contributed by atoms with Gasteiger partial charge >= 0.3 is 0 Å². The first-order chi connectivity index (χ1) is 13.2. The number of hydrogen-bond acceptors (Lipinski definition) is 4. The normalized spacial score (nSPS) is 14.1. The molecular weight excluding hydrogens is 340 g/mol. The van der Waals surface area contributed by atoms with Gasteiger partial charge in [-0.3, -0.25) is 4.79 Å². The van der Waals surface area contributed by atoms with Crippen LogP contribution in [0, 0.1) is 0 Å². The molecule has 0 saturated heterocycles. The maximum absolute atomic E-state index is 12.8. The van der Waals surface area contributed by atoms with E-state index in [1.54, 1.807) is 11.1 Å². The van der Waals surface area contributed by atoms with E-state index in [-0.39, 0.29) is 5.91 Å². The van der Waals surface area contributed by atoms with E-state index in [4.69, 9.17) is 0 Å². The minimum atomic E-state index is -0.0465. The average molecular weight is 360 g/mol. The van der Waals surface area contributed by atoms with Crippen LogP contribution in [0.1, 0.15) is 29.2 Å². The lowest BCUT2D eigenvalue weighted by molar-refractivity contribution is 0.0790. The number of imidazole rings is 2. The third-order valence-electron chi connectivity index (χ3n) is 5.15. The van der Waals surface area contributed by atoms with Crippen molar-refractivity contribution < 1.29 is 4.79 Å². The summed E-state index contributed by atoms with van der Waals surface area (Å²) in [5.74, 6) is -0.0465. The van der Waals surface area contributed by atoms with Crippen LogP contribution >= 0.6 is 0 Å². The molecule has 7 heteroatoms. The number of benzene rings is 1. The van der Waals surface area contributed by atoms with Gasteiger partial charge in [0.1, 0.15) is 5.52 Å². The first-order valence-corrected chi connectivity index (χ1v) is 9.18. The fourth-order valence-electron chi connectivity index (χ4n) is 3.42. The van der Waals surface area contributed by atoms with Gasteiger partial charge in [0.25, 0.3) is 5.91 Å². The Morgan fingerprint density at radius 1 is 1.15 bits per heavy atom. The second-order valence-electron chi connectivity index (χ2n) is 7.10. The highest BCUT2D eigenvalue weighted by atomic mass is 16.2. The maximum atomic E-state index is 12.8. The van der Waals surface area contributed by atoms with E-state index >= 15 is 0 Å². The van der Waals surface area contributed by atoms with Gasteiger partial charge in [-0.15, -0.1) is 0 Å². The summed E-state index contributed by atoms with van der Waals surface area (Å²) < 4.78 is 4.18. The number of hydrogen-bond donors (Lipinski definition) is 0. The lowest BCUT2D eigenvalue weighted by Gasteiger charge is -2.17. The third kappa shape index (κ3) is 2.85. The van der Waals surface area contributed by atoms with Crippen LogP contribution in [0.4, 0.5) is 0 Å². The Labute approximate surface area is 156 Å². The highest BCUT2D eigenvalue weighted by molar-refractivity contribution is 5.96. The fraction of sp³-hybridized carbons (Fsp3) is 0.300. The Hall–Kier alpha value is -3.22. The molecule has 3 aromatic heterocycles. The summed E-state index contributed by atoms with van der Waals surface area (Å²) >= 11 is 0. The van der Waals surface area contributed by atoms with Crippen molar-refractivity contribution in [3.8, 4) is 0 Å². The summed E-state index contributed by atoms with van der Waals surface area (Å²) in [7, 11) is 1.81. The van der Waals surface area contributed by atoms with Crippen molar-refractivity contribution in [2.45, 2.75) is 25.4 Å². The van der Waals surface area contributed by atoms with Gasteiger partial charge in [0.2, 0.25) is 0 Å². The van der Waals surface area contributed by atoms with Crippen molar-refractivity contribution in [3.05, 3.63) is 54.7 Å². The highest BCUT2D eigenvalue weighted by Gasteiger charge is 2.26. The molecule has 1 amide bonds. The van der Waals surface area contributed by atoms with Crippen LogP contribution in [-0.2, 0) is 6.54 Å². The molecule has 1 fully saturated rings. The first-order valence-electron chi connectivity index (χ1n) is 9.18. The molecule has 1 aliphatic rings. The average Bonchev–Trinajstić information content (AvgIpc) is 3.33. The SMILES string of the molecule is CN(CCn1cnc2ccccc21)C(=O)c1cnc2c(c1)ncn2C1CC1. The Bertz CT molecular complexity index is 1140. The summed E-state index contributed by atoms with van der Waals surface area (Å²) in [6, 6.07) is 10.4. The second kappa shape index (κ2) is 6.19. The largest absolute Gasteiger partial charge is 0.340 e. The summed E-state index contributed by atoms with van der Waals surface area (Å²) in [5.41, 5.74) is 4.25. The van der Waals surface area contributed by atoms with E-state index < -0.39 is 0 Å². The van der Waals surface area contributed by atoms with Crippen molar-refractivity contribution in [1.29, 1.82) is 0 Å².